The second-order valence-electron chi connectivity index (χ2n) is 5.39. The summed E-state index contributed by atoms with van der Waals surface area (Å²) in [5.74, 6) is 0.252. The second-order valence-corrected chi connectivity index (χ2v) is 5.79. The first-order valence-electron chi connectivity index (χ1n) is 6.07. The Morgan fingerprint density at radius 2 is 2.06 bits per heavy atom. The Kier molecular flexibility index (Phi) is 1.60. The van der Waals surface area contributed by atoms with Gasteiger partial charge in [-0.25, -0.2) is 0 Å². The molecule has 17 heavy (non-hydrogen) atoms. The van der Waals surface area contributed by atoms with E-state index in [1.807, 2.05) is 11.0 Å². The molecule has 1 aliphatic heterocycles. The molecule has 0 radical (unpaired) electrons. The zero-order valence-electron chi connectivity index (χ0n) is 9.37. The molecule has 2 saturated carbocycles. The van der Waals surface area contributed by atoms with Crippen molar-refractivity contribution in [1.82, 2.24) is 0 Å². The smallest absolute Gasteiger partial charge is 0.238 e. The van der Waals surface area contributed by atoms with E-state index in [0.29, 0.717) is 16.8 Å². The first kappa shape index (κ1) is 9.77. The largest absolute Gasteiger partial charge is 0.399 e. The lowest BCUT2D eigenvalue weighted by Gasteiger charge is -2.18. The van der Waals surface area contributed by atoms with Crippen LogP contribution in [0.4, 0.5) is 11.4 Å². The van der Waals surface area contributed by atoms with Crippen molar-refractivity contribution in [2.75, 3.05) is 10.6 Å². The molecule has 1 heterocycles. The van der Waals surface area contributed by atoms with Gasteiger partial charge in [0.2, 0.25) is 5.91 Å². The van der Waals surface area contributed by atoms with Gasteiger partial charge in [-0.15, -0.1) is 0 Å². The third-order valence-electron chi connectivity index (χ3n) is 4.13. The Morgan fingerprint density at radius 1 is 1.35 bits per heavy atom. The number of rotatable bonds is 1. The Morgan fingerprint density at radius 3 is 2.65 bits per heavy atom. The molecule has 0 aromatic heterocycles. The Bertz CT molecular complexity index is 547. The molecular formula is C13H13ClN2O. The SMILES string of the molecule is Nc1cc(Cl)c2c(c1)C1(CC1)C(=O)N2C1CC1. The first-order valence-corrected chi connectivity index (χ1v) is 6.44. The maximum atomic E-state index is 12.5. The molecule has 0 bridgehead atoms. The number of hydrogen-bond acceptors (Lipinski definition) is 2. The molecule has 1 aromatic carbocycles. The molecule has 1 amide bonds. The van der Waals surface area contributed by atoms with Crippen LogP contribution in [-0.2, 0) is 10.2 Å². The molecule has 0 unspecified atom stereocenters. The van der Waals surface area contributed by atoms with E-state index in [2.05, 4.69) is 0 Å². The van der Waals surface area contributed by atoms with Crippen LogP contribution in [0.25, 0.3) is 0 Å². The molecule has 0 saturated heterocycles. The molecule has 2 fully saturated rings. The molecule has 2 N–H and O–H groups in total. The van der Waals surface area contributed by atoms with E-state index in [4.69, 9.17) is 17.3 Å². The minimum Gasteiger partial charge on any atom is -0.399 e. The summed E-state index contributed by atoms with van der Waals surface area (Å²) in [7, 11) is 0. The van der Waals surface area contributed by atoms with Gasteiger partial charge >= 0.3 is 0 Å². The summed E-state index contributed by atoms with van der Waals surface area (Å²) in [6.45, 7) is 0. The zero-order valence-corrected chi connectivity index (χ0v) is 10.1. The third kappa shape index (κ3) is 1.10. The molecule has 1 aromatic rings. The number of hydrogen-bond donors (Lipinski definition) is 1. The van der Waals surface area contributed by atoms with Crippen LogP contribution in [0, 0.1) is 0 Å². The summed E-state index contributed by atoms with van der Waals surface area (Å²) in [5.41, 5.74) is 8.24. The zero-order chi connectivity index (χ0) is 11.8. The van der Waals surface area contributed by atoms with E-state index in [-0.39, 0.29) is 11.3 Å². The molecule has 4 rings (SSSR count). The number of amides is 1. The lowest BCUT2D eigenvalue weighted by atomic mass is 9.97. The van der Waals surface area contributed by atoms with Crippen molar-refractivity contribution in [3.05, 3.63) is 22.7 Å². The minimum atomic E-state index is -0.267. The van der Waals surface area contributed by atoms with Gasteiger partial charge in [0.25, 0.3) is 0 Å². The van der Waals surface area contributed by atoms with Gasteiger partial charge in [0.05, 0.1) is 16.1 Å². The Balaban J connectivity index is 1.98. The molecule has 4 heteroatoms. The molecule has 2 aliphatic carbocycles. The van der Waals surface area contributed by atoms with Gasteiger partial charge in [0.1, 0.15) is 0 Å². The number of nitrogens with zero attached hydrogens (tertiary/aromatic N) is 1. The fraction of sp³-hybridized carbons (Fsp3) is 0.462. The second kappa shape index (κ2) is 2.78. The third-order valence-corrected chi connectivity index (χ3v) is 4.42. The maximum Gasteiger partial charge on any atom is 0.238 e. The maximum absolute atomic E-state index is 12.5. The van der Waals surface area contributed by atoms with E-state index in [1.54, 1.807) is 6.07 Å². The van der Waals surface area contributed by atoms with Gasteiger partial charge in [-0.05, 0) is 43.4 Å². The lowest BCUT2D eigenvalue weighted by Crippen LogP contribution is -2.33. The number of anilines is 2. The van der Waals surface area contributed by atoms with Crippen LogP contribution in [0.15, 0.2) is 12.1 Å². The number of fused-ring (bicyclic) bond motifs is 2. The Labute approximate surface area is 105 Å². The van der Waals surface area contributed by atoms with E-state index in [0.717, 1.165) is 36.9 Å². The van der Waals surface area contributed by atoms with Crippen molar-refractivity contribution in [3.63, 3.8) is 0 Å². The van der Waals surface area contributed by atoms with Crippen LogP contribution in [0.2, 0.25) is 5.02 Å². The first-order chi connectivity index (χ1) is 8.13. The molecule has 1 spiro atoms. The van der Waals surface area contributed by atoms with Crippen molar-refractivity contribution >= 4 is 28.9 Å². The van der Waals surface area contributed by atoms with E-state index >= 15 is 0 Å². The monoisotopic (exact) mass is 248 g/mol. The topological polar surface area (TPSA) is 46.3 Å². The Hall–Kier alpha value is -1.22. The van der Waals surface area contributed by atoms with Crippen LogP contribution in [-0.4, -0.2) is 11.9 Å². The van der Waals surface area contributed by atoms with E-state index in [9.17, 15) is 4.79 Å². The summed E-state index contributed by atoms with van der Waals surface area (Å²) in [4.78, 5) is 14.5. The lowest BCUT2D eigenvalue weighted by molar-refractivity contribution is -0.120. The predicted octanol–water partition coefficient (Wildman–Crippen LogP) is 2.46. The normalized spacial score (nSPS) is 24.3. The molecule has 88 valence electrons. The highest BCUT2D eigenvalue weighted by Crippen LogP contribution is 2.61. The van der Waals surface area contributed by atoms with Gasteiger partial charge in [0.15, 0.2) is 0 Å². The van der Waals surface area contributed by atoms with Crippen LogP contribution >= 0.6 is 11.6 Å². The van der Waals surface area contributed by atoms with E-state index < -0.39 is 0 Å². The summed E-state index contributed by atoms with van der Waals surface area (Å²) in [6, 6.07) is 4.07. The average Bonchev–Trinajstić information content (AvgIpc) is 3.12. The quantitative estimate of drug-likeness (QED) is 0.776. The molecule has 3 aliphatic rings. The average molecular weight is 249 g/mol. The highest BCUT2D eigenvalue weighted by atomic mass is 35.5. The van der Waals surface area contributed by atoms with Crippen molar-refractivity contribution < 1.29 is 4.79 Å². The van der Waals surface area contributed by atoms with Gasteiger partial charge < -0.3 is 10.6 Å². The predicted molar refractivity (Wildman–Crippen MR) is 67.3 cm³/mol. The number of carbonyl (C=O) groups is 1. The number of benzene rings is 1. The number of nitrogens with two attached hydrogens (primary N) is 1. The minimum absolute atomic E-state index is 0.252. The van der Waals surface area contributed by atoms with Gasteiger partial charge in [-0.3, -0.25) is 4.79 Å². The standard InChI is InChI=1S/C13H13ClN2O/c14-10-6-7(15)5-9-11(10)16(8-1-2-8)12(17)13(9)3-4-13/h5-6,8H,1-4,15H2. The number of carbonyl (C=O) groups excluding carboxylic acids is 1. The summed E-state index contributed by atoms with van der Waals surface area (Å²) in [6.07, 6.45) is 4.09. The summed E-state index contributed by atoms with van der Waals surface area (Å²) >= 11 is 6.29. The summed E-state index contributed by atoms with van der Waals surface area (Å²) < 4.78 is 0. The van der Waals surface area contributed by atoms with Crippen LogP contribution in [0.1, 0.15) is 31.2 Å². The van der Waals surface area contributed by atoms with Crippen molar-refractivity contribution in [3.8, 4) is 0 Å². The highest BCUT2D eigenvalue weighted by molar-refractivity contribution is 6.35. The van der Waals surface area contributed by atoms with Crippen LogP contribution < -0.4 is 10.6 Å². The van der Waals surface area contributed by atoms with Crippen LogP contribution in [0.5, 0.6) is 0 Å². The molecule has 0 atom stereocenters. The van der Waals surface area contributed by atoms with Gasteiger partial charge in [-0.2, -0.15) is 0 Å². The van der Waals surface area contributed by atoms with Gasteiger partial charge in [0, 0.05) is 11.7 Å². The van der Waals surface area contributed by atoms with E-state index in [1.165, 1.54) is 0 Å². The molecular weight excluding hydrogens is 236 g/mol. The highest BCUT2D eigenvalue weighted by Gasteiger charge is 2.61. The number of nitrogen functional groups attached to an aromatic ring is 1. The molecule has 3 nitrogen and oxygen atoms in total. The number of halogens is 1. The van der Waals surface area contributed by atoms with Gasteiger partial charge in [-0.1, -0.05) is 11.6 Å². The summed E-state index contributed by atoms with van der Waals surface area (Å²) in [5, 5.41) is 0.629. The van der Waals surface area contributed by atoms with Crippen molar-refractivity contribution in [2.24, 2.45) is 0 Å². The fourth-order valence-electron chi connectivity index (χ4n) is 2.97. The van der Waals surface area contributed by atoms with Crippen molar-refractivity contribution in [2.45, 2.75) is 37.1 Å². The van der Waals surface area contributed by atoms with Crippen molar-refractivity contribution in [1.29, 1.82) is 0 Å². The van der Waals surface area contributed by atoms with Crippen LogP contribution in [0.3, 0.4) is 0 Å². The fourth-order valence-corrected chi connectivity index (χ4v) is 3.29.